The summed E-state index contributed by atoms with van der Waals surface area (Å²) in [6.45, 7) is -0.155. The highest BCUT2D eigenvalue weighted by Gasteiger charge is 2.33. The number of rotatable bonds is 6. The van der Waals surface area contributed by atoms with Gasteiger partial charge in [-0.3, -0.25) is 4.79 Å². The molecule has 6 nitrogen and oxygen atoms in total. The van der Waals surface area contributed by atoms with Gasteiger partial charge in [0.1, 0.15) is 11.5 Å². The van der Waals surface area contributed by atoms with Crippen molar-refractivity contribution in [2.45, 2.75) is 25.0 Å². The number of carbonyl (C=O) groups excluding carboxylic acids is 1. The molecule has 0 heterocycles. The summed E-state index contributed by atoms with van der Waals surface area (Å²) in [7, 11) is 1.56. The number of hydrogen-bond donors (Lipinski definition) is 3. The topological polar surface area (TPSA) is 88.0 Å². The van der Waals surface area contributed by atoms with Gasteiger partial charge in [0.15, 0.2) is 6.61 Å². The molecule has 1 aromatic carbocycles. The van der Waals surface area contributed by atoms with Gasteiger partial charge in [-0.25, -0.2) is 0 Å². The molecule has 1 aliphatic rings. The lowest BCUT2D eigenvalue weighted by atomic mass is 10.1. The molecule has 3 N–H and O–H groups in total. The number of amides is 1. The van der Waals surface area contributed by atoms with Crippen LogP contribution in [0.15, 0.2) is 24.3 Å². The van der Waals surface area contributed by atoms with Crippen molar-refractivity contribution in [1.82, 2.24) is 5.32 Å². The fourth-order valence-corrected chi connectivity index (χ4v) is 2.53. The second-order valence-electron chi connectivity index (χ2n) is 5.21. The second kappa shape index (κ2) is 7.28. The summed E-state index contributed by atoms with van der Waals surface area (Å²) in [4.78, 5) is 11.8. The normalized spacial score (nSPS) is 24.6. The first-order valence-electron chi connectivity index (χ1n) is 6.97. The molecule has 0 saturated heterocycles. The zero-order valence-electron chi connectivity index (χ0n) is 12.0. The van der Waals surface area contributed by atoms with E-state index in [1.54, 1.807) is 31.4 Å². The van der Waals surface area contributed by atoms with Gasteiger partial charge in [0, 0.05) is 24.6 Å². The van der Waals surface area contributed by atoms with E-state index in [0.29, 0.717) is 24.3 Å². The minimum absolute atomic E-state index is 0.0617. The predicted molar refractivity (Wildman–Crippen MR) is 76.2 cm³/mol. The van der Waals surface area contributed by atoms with Crippen molar-refractivity contribution in [3.8, 4) is 11.5 Å². The van der Waals surface area contributed by atoms with Gasteiger partial charge in [-0.1, -0.05) is 6.07 Å². The molecule has 1 fully saturated rings. The third-order valence-corrected chi connectivity index (χ3v) is 3.67. The summed E-state index contributed by atoms with van der Waals surface area (Å²) in [6, 6.07) is 6.91. The molecule has 0 spiro atoms. The SMILES string of the molecule is COc1cccc(OCC(=O)NC2CC(O)C(CO)C2)c1. The van der Waals surface area contributed by atoms with Crippen LogP contribution in [0.5, 0.6) is 11.5 Å². The molecule has 2 rings (SSSR count). The molecule has 3 atom stereocenters. The van der Waals surface area contributed by atoms with Gasteiger partial charge in [-0.05, 0) is 25.0 Å². The van der Waals surface area contributed by atoms with Gasteiger partial charge < -0.3 is 25.0 Å². The van der Waals surface area contributed by atoms with Crippen molar-refractivity contribution in [3.63, 3.8) is 0 Å². The average molecular weight is 295 g/mol. The molecule has 1 aromatic rings. The largest absolute Gasteiger partial charge is 0.497 e. The van der Waals surface area contributed by atoms with Gasteiger partial charge >= 0.3 is 0 Å². The summed E-state index contributed by atoms with van der Waals surface area (Å²) in [6.07, 6.45) is 0.498. The van der Waals surface area contributed by atoms with E-state index in [4.69, 9.17) is 14.6 Å². The second-order valence-corrected chi connectivity index (χ2v) is 5.21. The van der Waals surface area contributed by atoms with Crippen LogP contribution in [-0.4, -0.2) is 48.6 Å². The quantitative estimate of drug-likeness (QED) is 0.703. The van der Waals surface area contributed by atoms with E-state index in [-0.39, 0.29) is 31.1 Å². The van der Waals surface area contributed by atoms with E-state index in [1.807, 2.05) is 0 Å². The van der Waals surface area contributed by atoms with E-state index >= 15 is 0 Å². The van der Waals surface area contributed by atoms with Crippen molar-refractivity contribution in [1.29, 1.82) is 0 Å². The zero-order chi connectivity index (χ0) is 15.2. The van der Waals surface area contributed by atoms with Crippen molar-refractivity contribution >= 4 is 5.91 Å². The highest BCUT2D eigenvalue weighted by atomic mass is 16.5. The lowest BCUT2D eigenvalue weighted by Crippen LogP contribution is -2.36. The molecule has 0 aliphatic heterocycles. The Morgan fingerprint density at radius 3 is 2.81 bits per heavy atom. The van der Waals surface area contributed by atoms with Gasteiger partial charge in [0.25, 0.3) is 5.91 Å². The number of benzene rings is 1. The van der Waals surface area contributed by atoms with Crippen LogP contribution in [0.4, 0.5) is 0 Å². The van der Waals surface area contributed by atoms with Gasteiger partial charge in [0.05, 0.1) is 13.2 Å². The van der Waals surface area contributed by atoms with Gasteiger partial charge in [0.2, 0.25) is 0 Å². The molecule has 21 heavy (non-hydrogen) atoms. The van der Waals surface area contributed by atoms with Crippen LogP contribution < -0.4 is 14.8 Å². The Morgan fingerprint density at radius 2 is 2.14 bits per heavy atom. The Morgan fingerprint density at radius 1 is 1.38 bits per heavy atom. The summed E-state index contributed by atoms with van der Waals surface area (Å²) in [5.74, 6) is 0.824. The molecule has 0 aromatic heterocycles. The maximum atomic E-state index is 11.8. The molecule has 1 aliphatic carbocycles. The first kappa shape index (κ1) is 15.6. The van der Waals surface area contributed by atoms with Crippen molar-refractivity contribution in [2.24, 2.45) is 5.92 Å². The Balaban J connectivity index is 1.77. The Bertz CT molecular complexity index is 479. The zero-order valence-corrected chi connectivity index (χ0v) is 12.0. The Labute approximate surface area is 123 Å². The van der Waals surface area contributed by atoms with Crippen LogP contribution in [0, 0.1) is 5.92 Å². The van der Waals surface area contributed by atoms with Gasteiger partial charge in [-0.2, -0.15) is 0 Å². The lowest BCUT2D eigenvalue weighted by molar-refractivity contribution is -0.123. The minimum Gasteiger partial charge on any atom is -0.497 e. The molecule has 116 valence electrons. The maximum absolute atomic E-state index is 11.8. The van der Waals surface area contributed by atoms with Crippen LogP contribution >= 0.6 is 0 Å². The molecule has 1 saturated carbocycles. The lowest BCUT2D eigenvalue weighted by Gasteiger charge is -2.13. The number of aliphatic hydroxyl groups is 2. The number of methoxy groups -OCH3 is 1. The van der Waals surface area contributed by atoms with E-state index in [2.05, 4.69) is 5.32 Å². The van der Waals surface area contributed by atoms with Gasteiger partial charge in [-0.15, -0.1) is 0 Å². The monoisotopic (exact) mass is 295 g/mol. The highest BCUT2D eigenvalue weighted by molar-refractivity contribution is 5.77. The molecular weight excluding hydrogens is 274 g/mol. The number of nitrogens with one attached hydrogen (secondary N) is 1. The first-order chi connectivity index (χ1) is 10.1. The van der Waals surface area contributed by atoms with E-state index < -0.39 is 6.10 Å². The summed E-state index contributed by atoms with van der Waals surface area (Å²) in [5, 5.41) is 21.6. The van der Waals surface area contributed by atoms with Crippen LogP contribution in [0.1, 0.15) is 12.8 Å². The van der Waals surface area contributed by atoms with Crippen molar-refractivity contribution in [3.05, 3.63) is 24.3 Å². The number of hydrogen-bond acceptors (Lipinski definition) is 5. The summed E-state index contributed by atoms with van der Waals surface area (Å²) in [5.41, 5.74) is 0. The molecular formula is C15H21NO5. The molecule has 0 radical (unpaired) electrons. The Kier molecular flexibility index (Phi) is 5.41. The summed E-state index contributed by atoms with van der Waals surface area (Å²) >= 11 is 0. The third-order valence-electron chi connectivity index (χ3n) is 3.67. The summed E-state index contributed by atoms with van der Waals surface area (Å²) < 4.78 is 10.5. The molecule has 3 unspecified atom stereocenters. The average Bonchev–Trinajstić information content (AvgIpc) is 2.85. The Hall–Kier alpha value is -1.79. The van der Waals surface area contributed by atoms with Crippen LogP contribution in [0.2, 0.25) is 0 Å². The van der Waals surface area contributed by atoms with E-state index in [1.165, 1.54) is 0 Å². The van der Waals surface area contributed by atoms with Crippen molar-refractivity contribution in [2.75, 3.05) is 20.3 Å². The van der Waals surface area contributed by atoms with E-state index in [0.717, 1.165) is 0 Å². The standard InChI is InChI=1S/C15H21NO5/c1-20-12-3-2-4-13(7-12)21-9-15(19)16-11-5-10(8-17)14(18)6-11/h2-4,7,10-11,14,17-18H,5-6,8-9H2,1H3,(H,16,19). The number of aliphatic hydroxyl groups excluding tert-OH is 2. The maximum Gasteiger partial charge on any atom is 0.258 e. The smallest absolute Gasteiger partial charge is 0.258 e. The van der Waals surface area contributed by atoms with Crippen LogP contribution in [0.3, 0.4) is 0 Å². The fourth-order valence-electron chi connectivity index (χ4n) is 2.53. The number of carbonyl (C=O) groups is 1. The van der Waals surface area contributed by atoms with Crippen molar-refractivity contribution < 1.29 is 24.5 Å². The number of ether oxygens (including phenoxy) is 2. The van der Waals surface area contributed by atoms with Crippen LogP contribution in [-0.2, 0) is 4.79 Å². The van der Waals surface area contributed by atoms with E-state index in [9.17, 15) is 9.90 Å². The highest BCUT2D eigenvalue weighted by Crippen LogP contribution is 2.25. The van der Waals surface area contributed by atoms with Crippen LogP contribution in [0.25, 0.3) is 0 Å². The predicted octanol–water partition coefficient (Wildman–Crippen LogP) is 0.322. The third kappa shape index (κ3) is 4.34. The molecule has 1 amide bonds. The minimum atomic E-state index is -0.556. The first-order valence-corrected chi connectivity index (χ1v) is 6.97. The molecule has 0 bridgehead atoms. The fraction of sp³-hybridized carbons (Fsp3) is 0.533. The molecule has 6 heteroatoms.